The Morgan fingerprint density at radius 1 is 1.07 bits per heavy atom. The number of aliphatic hydroxyl groups is 8. The maximum Gasteiger partial charge on any atom is 2.00 e. The first-order valence-corrected chi connectivity index (χ1v) is 8.55. The molecule has 2 saturated heterocycles. The van der Waals surface area contributed by atoms with E-state index in [1.54, 1.807) is 0 Å². The zero-order chi connectivity index (χ0) is 21.2. The van der Waals surface area contributed by atoms with Crippen molar-refractivity contribution in [3.05, 3.63) is 0 Å². The van der Waals surface area contributed by atoms with Gasteiger partial charge in [0.25, 0.3) is 0 Å². The molecule has 0 radical (unpaired) electrons. The summed E-state index contributed by atoms with van der Waals surface area (Å²) in [6, 6.07) is 0. The molecule has 2 aliphatic rings. The van der Waals surface area contributed by atoms with E-state index < -0.39 is 86.7 Å². The molecule has 0 aromatic rings. The van der Waals surface area contributed by atoms with Crippen molar-refractivity contribution in [2.24, 2.45) is 0 Å². The number of ether oxygens (including phenoxy) is 4. The SMILES string of the molecule is CC(O)C(=O)OC[C@H]1O[C@H](O[C@]2(CO)O[C@H](CO)[C@@H](O)[C@@H]2O)[C@H](O)[C@@H](O)[C@@H]1O.[Ca+2].[H-].[H-]. The quantitative estimate of drug-likeness (QED) is 0.133. The van der Waals surface area contributed by atoms with Gasteiger partial charge in [-0.2, -0.15) is 0 Å². The summed E-state index contributed by atoms with van der Waals surface area (Å²) in [7, 11) is 0. The van der Waals surface area contributed by atoms with Crippen LogP contribution in [-0.2, 0) is 23.7 Å². The number of hydrogen-bond acceptors (Lipinski definition) is 13. The standard InChI is InChI=1S/C15H26O13.Ca.2H/c1-5(18)13(24)25-3-7-8(19)10(21)11(22)14(26-7)28-15(4-17)12(23)9(20)6(2-16)27-15;;;/h5-12,14,16-23H,2-4H2,1H3;;;/q;+2;2*-1/t5?,6-,7-,8-,9-,10+,11-,12+,14-,15+;;;/m1.../s1. The second-order valence-electron chi connectivity index (χ2n) is 6.68. The Balaban J connectivity index is 0. The van der Waals surface area contributed by atoms with E-state index in [2.05, 4.69) is 0 Å². The van der Waals surface area contributed by atoms with Crippen molar-refractivity contribution in [1.29, 1.82) is 0 Å². The van der Waals surface area contributed by atoms with E-state index in [9.17, 15) is 35.4 Å². The number of aliphatic hydroxyl groups excluding tert-OH is 8. The molecule has 0 spiro atoms. The molecular formula is C15H28CaO13. The fraction of sp³-hybridized carbons (Fsp3) is 0.933. The van der Waals surface area contributed by atoms with Gasteiger partial charge in [0, 0.05) is 0 Å². The Morgan fingerprint density at radius 3 is 2.17 bits per heavy atom. The van der Waals surface area contributed by atoms with Crippen molar-refractivity contribution in [3.8, 4) is 0 Å². The van der Waals surface area contributed by atoms with Crippen LogP contribution in [0.3, 0.4) is 0 Å². The predicted molar refractivity (Wildman–Crippen MR) is 92.2 cm³/mol. The molecule has 13 nitrogen and oxygen atoms in total. The smallest absolute Gasteiger partial charge is 1.00 e. The maximum atomic E-state index is 11.4. The summed E-state index contributed by atoms with van der Waals surface area (Å²) in [5.41, 5.74) is 0. The third-order valence-electron chi connectivity index (χ3n) is 4.62. The molecule has 2 rings (SSSR count). The van der Waals surface area contributed by atoms with Crippen molar-refractivity contribution in [1.82, 2.24) is 0 Å². The minimum Gasteiger partial charge on any atom is -1.00 e. The molecule has 0 aromatic heterocycles. The molecule has 0 bridgehead atoms. The van der Waals surface area contributed by atoms with Crippen molar-refractivity contribution in [3.63, 3.8) is 0 Å². The van der Waals surface area contributed by atoms with Crippen LogP contribution >= 0.6 is 0 Å². The monoisotopic (exact) mass is 456 g/mol. The van der Waals surface area contributed by atoms with Gasteiger partial charge in [-0.15, -0.1) is 0 Å². The summed E-state index contributed by atoms with van der Waals surface area (Å²) >= 11 is 0. The number of carbonyl (C=O) groups excluding carboxylic acids is 1. The number of carbonyl (C=O) groups is 1. The van der Waals surface area contributed by atoms with Gasteiger partial charge in [-0.3, -0.25) is 0 Å². The predicted octanol–water partition coefficient (Wildman–Crippen LogP) is -5.62. The molecule has 2 heterocycles. The Hall–Kier alpha value is 0.290. The Labute approximate surface area is 198 Å². The molecule has 0 saturated carbocycles. The minimum atomic E-state index is -2.30. The van der Waals surface area contributed by atoms with E-state index in [1.807, 2.05) is 0 Å². The molecule has 0 aliphatic carbocycles. The summed E-state index contributed by atoms with van der Waals surface area (Å²) in [4.78, 5) is 11.4. The van der Waals surface area contributed by atoms with Gasteiger partial charge in [-0.05, 0) is 6.92 Å². The fourth-order valence-electron chi connectivity index (χ4n) is 2.90. The van der Waals surface area contributed by atoms with Crippen molar-refractivity contribution in [2.75, 3.05) is 19.8 Å². The fourth-order valence-corrected chi connectivity index (χ4v) is 2.90. The van der Waals surface area contributed by atoms with Crippen LogP contribution in [0.25, 0.3) is 0 Å². The van der Waals surface area contributed by atoms with Crippen molar-refractivity contribution in [2.45, 2.75) is 67.8 Å². The van der Waals surface area contributed by atoms with Gasteiger partial charge in [0.05, 0.1) is 6.61 Å². The van der Waals surface area contributed by atoms with Gasteiger partial charge in [-0.1, -0.05) is 0 Å². The van der Waals surface area contributed by atoms with E-state index in [1.165, 1.54) is 0 Å². The van der Waals surface area contributed by atoms with Crippen LogP contribution in [0, 0.1) is 0 Å². The van der Waals surface area contributed by atoms with Gasteiger partial charge >= 0.3 is 43.7 Å². The van der Waals surface area contributed by atoms with E-state index >= 15 is 0 Å². The Kier molecular flexibility index (Phi) is 10.6. The van der Waals surface area contributed by atoms with E-state index in [4.69, 9.17) is 29.2 Å². The first-order chi connectivity index (χ1) is 13.1. The summed E-state index contributed by atoms with van der Waals surface area (Å²) in [6.07, 6.45) is -14.8. The molecule has 29 heavy (non-hydrogen) atoms. The van der Waals surface area contributed by atoms with Crippen LogP contribution < -0.4 is 0 Å². The average molecular weight is 456 g/mol. The van der Waals surface area contributed by atoms with Gasteiger partial charge in [0.1, 0.15) is 62.0 Å². The van der Waals surface area contributed by atoms with Gasteiger partial charge in [0.2, 0.25) is 5.79 Å². The number of esters is 1. The van der Waals surface area contributed by atoms with Crippen molar-refractivity contribution >= 4 is 43.7 Å². The molecule has 1 unspecified atom stereocenters. The summed E-state index contributed by atoms with van der Waals surface area (Å²) in [6.45, 7) is -1.20. The van der Waals surface area contributed by atoms with Crippen molar-refractivity contribution < 1.29 is 67.4 Å². The van der Waals surface area contributed by atoms with Crippen LogP contribution in [0.15, 0.2) is 0 Å². The van der Waals surface area contributed by atoms with Crippen LogP contribution in [0.4, 0.5) is 0 Å². The van der Waals surface area contributed by atoms with Crippen LogP contribution in [0.5, 0.6) is 0 Å². The molecule has 2 aliphatic heterocycles. The normalized spacial score (nSPS) is 43.5. The molecule has 10 atom stereocenters. The molecule has 0 aromatic carbocycles. The summed E-state index contributed by atoms with van der Waals surface area (Å²) in [5.74, 6) is -3.33. The second-order valence-corrected chi connectivity index (χ2v) is 6.68. The van der Waals surface area contributed by atoms with E-state index in [-0.39, 0.29) is 40.6 Å². The molecular weight excluding hydrogens is 428 g/mol. The first-order valence-electron chi connectivity index (χ1n) is 8.55. The Bertz CT molecular complexity index is 547. The largest absolute Gasteiger partial charge is 2.00 e. The zero-order valence-electron chi connectivity index (χ0n) is 17.6. The van der Waals surface area contributed by atoms with Crippen LogP contribution in [0.2, 0.25) is 0 Å². The van der Waals surface area contributed by atoms with Crippen LogP contribution in [-0.4, -0.2) is 165 Å². The van der Waals surface area contributed by atoms with Crippen LogP contribution in [0.1, 0.15) is 9.78 Å². The van der Waals surface area contributed by atoms with E-state index in [0.29, 0.717) is 0 Å². The topological polar surface area (TPSA) is 216 Å². The molecule has 2 fully saturated rings. The zero-order valence-corrected chi connectivity index (χ0v) is 17.9. The average Bonchev–Trinajstić information content (AvgIpc) is 2.92. The molecule has 14 heteroatoms. The number of rotatable bonds is 7. The second kappa shape index (κ2) is 11.2. The van der Waals surface area contributed by atoms with E-state index in [0.717, 1.165) is 6.92 Å². The molecule has 8 N–H and O–H groups in total. The summed E-state index contributed by atoms with van der Waals surface area (Å²) in [5, 5.41) is 78.0. The summed E-state index contributed by atoms with van der Waals surface area (Å²) < 4.78 is 20.4. The maximum absolute atomic E-state index is 11.4. The third kappa shape index (κ3) is 5.75. The van der Waals surface area contributed by atoms with Gasteiger partial charge in [-0.25, -0.2) is 4.79 Å². The first kappa shape index (κ1) is 27.3. The Morgan fingerprint density at radius 2 is 1.69 bits per heavy atom. The van der Waals surface area contributed by atoms with Gasteiger partial charge in [0.15, 0.2) is 6.29 Å². The third-order valence-corrected chi connectivity index (χ3v) is 4.62. The number of hydrogen-bond donors (Lipinski definition) is 8. The molecule has 168 valence electrons. The molecule has 0 amide bonds. The van der Waals surface area contributed by atoms with Gasteiger partial charge < -0.3 is 62.7 Å². The minimum absolute atomic E-state index is 0.